The van der Waals surface area contributed by atoms with Crippen LogP contribution in [0, 0.1) is 5.92 Å². The van der Waals surface area contributed by atoms with Crippen LogP contribution in [-0.2, 0) is 0 Å². The third-order valence-electron chi connectivity index (χ3n) is 4.96. The van der Waals surface area contributed by atoms with Crippen molar-refractivity contribution in [2.45, 2.75) is 63.6 Å². The second-order valence-corrected chi connectivity index (χ2v) is 7.16. The van der Waals surface area contributed by atoms with Crippen molar-refractivity contribution in [3.05, 3.63) is 0 Å². The summed E-state index contributed by atoms with van der Waals surface area (Å²) >= 11 is 0. The molecule has 3 rings (SSSR count). The summed E-state index contributed by atoms with van der Waals surface area (Å²) in [5.41, 5.74) is 6.53. The predicted molar refractivity (Wildman–Crippen MR) is 75.6 cm³/mol. The summed E-state index contributed by atoms with van der Waals surface area (Å²) in [6, 6.07) is 1.74. The molecule has 3 heteroatoms. The summed E-state index contributed by atoms with van der Waals surface area (Å²) in [4.78, 5) is 5.50. The monoisotopic (exact) mass is 251 g/mol. The second-order valence-electron chi connectivity index (χ2n) is 7.16. The van der Waals surface area contributed by atoms with Crippen molar-refractivity contribution in [3.8, 4) is 0 Å². The van der Waals surface area contributed by atoms with Crippen molar-refractivity contribution in [2.75, 3.05) is 26.2 Å². The molecule has 2 N–H and O–H groups in total. The van der Waals surface area contributed by atoms with Crippen molar-refractivity contribution < 1.29 is 0 Å². The van der Waals surface area contributed by atoms with Gasteiger partial charge in [-0.3, -0.25) is 9.80 Å². The predicted octanol–water partition coefficient (Wildman–Crippen LogP) is 1.67. The van der Waals surface area contributed by atoms with Gasteiger partial charge in [0, 0.05) is 43.8 Å². The zero-order chi connectivity index (χ0) is 12.8. The summed E-state index contributed by atoms with van der Waals surface area (Å²) in [5.74, 6) is 0.754. The van der Waals surface area contributed by atoms with E-state index in [2.05, 4.69) is 23.6 Å². The number of nitrogens with zero attached hydrogens (tertiary/aromatic N) is 2. The zero-order valence-corrected chi connectivity index (χ0v) is 12.1. The highest BCUT2D eigenvalue weighted by Gasteiger charge is 2.49. The second kappa shape index (κ2) is 4.77. The van der Waals surface area contributed by atoms with E-state index in [0.29, 0.717) is 5.54 Å². The van der Waals surface area contributed by atoms with E-state index in [9.17, 15) is 0 Å². The number of nitrogens with two attached hydrogens (primary N) is 1. The van der Waals surface area contributed by atoms with Gasteiger partial charge in [-0.25, -0.2) is 0 Å². The molecule has 1 aliphatic heterocycles. The molecule has 3 fully saturated rings. The lowest BCUT2D eigenvalue weighted by atomic mass is 9.94. The molecule has 2 aliphatic carbocycles. The fourth-order valence-corrected chi connectivity index (χ4v) is 3.67. The Bertz CT molecular complexity index is 296. The van der Waals surface area contributed by atoms with Crippen LogP contribution in [-0.4, -0.2) is 53.6 Å². The van der Waals surface area contributed by atoms with Gasteiger partial charge in [0.2, 0.25) is 0 Å². The van der Waals surface area contributed by atoms with Crippen LogP contribution in [0.2, 0.25) is 0 Å². The standard InChI is InChI=1S/C15H29N3/c1-12(2)9-18(14-5-6-14)15(10-16)7-8-17(11-15)13-3-4-13/h12-14H,3-11,16H2,1-2H3. The summed E-state index contributed by atoms with van der Waals surface area (Å²) in [6.07, 6.45) is 6.95. The van der Waals surface area contributed by atoms with Gasteiger partial charge in [0.15, 0.2) is 0 Å². The lowest BCUT2D eigenvalue weighted by molar-refractivity contribution is 0.0758. The van der Waals surface area contributed by atoms with E-state index in [1.165, 1.54) is 51.7 Å². The van der Waals surface area contributed by atoms with Gasteiger partial charge in [-0.2, -0.15) is 0 Å². The first-order valence-electron chi connectivity index (χ1n) is 7.85. The van der Waals surface area contributed by atoms with E-state index in [-0.39, 0.29) is 0 Å². The van der Waals surface area contributed by atoms with Gasteiger partial charge in [0.25, 0.3) is 0 Å². The molecule has 3 aliphatic rings. The van der Waals surface area contributed by atoms with Crippen LogP contribution in [0.4, 0.5) is 0 Å². The third kappa shape index (κ3) is 2.45. The smallest absolute Gasteiger partial charge is 0.0473 e. The minimum Gasteiger partial charge on any atom is -0.329 e. The van der Waals surface area contributed by atoms with Crippen LogP contribution in [0.5, 0.6) is 0 Å². The Morgan fingerprint density at radius 3 is 2.50 bits per heavy atom. The van der Waals surface area contributed by atoms with Crippen LogP contribution in [0.25, 0.3) is 0 Å². The highest BCUT2D eigenvalue weighted by Crippen LogP contribution is 2.41. The third-order valence-corrected chi connectivity index (χ3v) is 4.96. The lowest BCUT2D eigenvalue weighted by Gasteiger charge is -2.42. The molecule has 104 valence electrons. The Hall–Kier alpha value is -0.120. The Labute approximate surface area is 112 Å². The minimum atomic E-state index is 0.300. The summed E-state index contributed by atoms with van der Waals surface area (Å²) in [6.45, 7) is 9.28. The maximum Gasteiger partial charge on any atom is 0.0473 e. The Balaban J connectivity index is 1.71. The minimum absolute atomic E-state index is 0.300. The van der Waals surface area contributed by atoms with Crippen molar-refractivity contribution in [1.82, 2.24) is 9.80 Å². The summed E-state index contributed by atoms with van der Waals surface area (Å²) < 4.78 is 0. The first-order chi connectivity index (χ1) is 8.64. The fourth-order valence-electron chi connectivity index (χ4n) is 3.67. The molecule has 0 bridgehead atoms. The number of likely N-dealkylation sites (tertiary alicyclic amines) is 1. The van der Waals surface area contributed by atoms with Gasteiger partial charge in [0.1, 0.15) is 0 Å². The van der Waals surface area contributed by atoms with E-state index in [4.69, 9.17) is 5.73 Å². The first-order valence-corrected chi connectivity index (χ1v) is 7.85. The first kappa shape index (κ1) is 12.9. The van der Waals surface area contributed by atoms with Gasteiger partial charge < -0.3 is 5.73 Å². The normalized spacial score (nSPS) is 33.8. The zero-order valence-electron chi connectivity index (χ0n) is 12.1. The van der Waals surface area contributed by atoms with E-state index in [1.807, 2.05) is 0 Å². The van der Waals surface area contributed by atoms with E-state index in [0.717, 1.165) is 24.5 Å². The van der Waals surface area contributed by atoms with E-state index >= 15 is 0 Å². The summed E-state index contributed by atoms with van der Waals surface area (Å²) in [7, 11) is 0. The molecule has 2 saturated carbocycles. The molecule has 0 aromatic carbocycles. The molecule has 0 spiro atoms. The summed E-state index contributed by atoms with van der Waals surface area (Å²) in [5, 5.41) is 0. The lowest BCUT2D eigenvalue weighted by Crippen LogP contribution is -2.57. The van der Waals surface area contributed by atoms with Gasteiger partial charge in [0.05, 0.1) is 0 Å². The average Bonchev–Trinajstić information content (AvgIpc) is 3.23. The highest BCUT2D eigenvalue weighted by molar-refractivity contribution is 5.07. The van der Waals surface area contributed by atoms with Crippen molar-refractivity contribution >= 4 is 0 Å². The van der Waals surface area contributed by atoms with Crippen LogP contribution in [0.3, 0.4) is 0 Å². The van der Waals surface area contributed by atoms with E-state index < -0.39 is 0 Å². The van der Waals surface area contributed by atoms with Crippen molar-refractivity contribution in [3.63, 3.8) is 0 Å². The van der Waals surface area contributed by atoms with Crippen LogP contribution < -0.4 is 5.73 Å². The van der Waals surface area contributed by atoms with Crippen molar-refractivity contribution in [1.29, 1.82) is 0 Å². The molecule has 1 atom stereocenters. The molecule has 3 nitrogen and oxygen atoms in total. The largest absolute Gasteiger partial charge is 0.329 e. The van der Waals surface area contributed by atoms with Gasteiger partial charge in [-0.1, -0.05) is 13.8 Å². The molecular weight excluding hydrogens is 222 g/mol. The molecule has 18 heavy (non-hydrogen) atoms. The van der Waals surface area contributed by atoms with Crippen LogP contribution in [0.1, 0.15) is 46.0 Å². The van der Waals surface area contributed by atoms with Gasteiger partial charge >= 0.3 is 0 Å². The SMILES string of the molecule is CC(C)CN(C1CC1)C1(CN)CCN(C2CC2)C1. The number of hydrogen-bond acceptors (Lipinski definition) is 3. The Kier molecular flexibility index (Phi) is 3.41. The molecule has 0 amide bonds. The van der Waals surface area contributed by atoms with Crippen LogP contribution >= 0.6 is 0 Å². The molecule has 0 aromatic rings. The van der Waals surface area contributed by atoms with Gasteiger partial charge in [-0.05, 0) is 38.0 Å². The molecule has 1 unspecified atom stereocenters. The molecule has 1 heterocycles. The topological polar surface area (TPSA) is 32.5 Å². The quantitative estimate of drug-likeness (QED) is 0.779. The molecule has 0 aromatic heterocycles. The average molecular weight is 251 g/mol. The highest BCUT2D eigenvalue weighted by atomic mass is 15.3. The molecular formula is C15H29N3. The maximum atomic E-state index is 6.23. The number of hydrogen-bond donors (Lipinski definition) is 1. The molecule has 1 saturated heterocycles. The van der Waals surface area contributed by atoms with E-state index in [1.54, 1.807) is 0 Å². The Morgan fingerprint density at radius 2 is 2.00 bits per heavy atom. The maximum absolute atomic E-state index is 6.23. The molecule has 0 radical (unpaired) electrons. The van der Waals surface area contributed by atoms with Crippen LogP contribution in [0.15, 0.2) is 0 Å². The van der Waals surface area contributed by atoms with Crippen molar-refractivity contribution in [2.24, 2.45) is 11.7 Å². The number of rotatable bonds is 6. The van der Waals surface area contributed by atoms with Gasteiger partial charge in [-0.15, -0.1) is 0 Å². The Morgan fingerprint density at radius 1 is 1.28 bits per heavy atom. The fraction of sp³-hybridized carbons (Fsp3) is 1.00.